The highest BCUT2D eigenvalue weighted by Crippen LogP contribution is 2.64. The van der Waals surface area contributed by atoms with E-state index in [1.807, 2.05) is 0 Å². The molecule has 0 aromatic carbocycles. The summed E-state index contributed by atoms with van der Waals surface area (Å²) < 4.78 is 18.1. The molecule has 2 aliphatic heterocycles. The Morgan fingerprint density at radius 3 is 1.45 bits per heavy atom. The molecule has 1 saturated heterocycles. The zero-order valence-electron chi connectivity index (χ0n) is 23.9. The molecular weight excluding hydrogens is 485 g/mol. The summed E-state index contributed by atoms with van der Waals surface area (Å²) in [6.45, 7) is 0. The quantitative estimate of drug-likeness (QED) is 0.245. The molecule has 12 unspecified atom stereocenters. The molecule has 212 valence electrons. The van der Waals surface area contributed by atoms with E-state index in [9.17, 15) is 0 Å². The van der Waals surface area contributed by atoms with Gasteiger partial charge in [-0.3, -0.25) is 0 Å². The van der Waals surface area contributed by atoms with E-state index in [0.29, 0.717) is 24.3 Å². The zero-order valence-corrected chi connectivity index (χ0v) is 24.8. The fourth-order valence-corrected chi connectivity index (χ4v) is 14.0. The van der Waals surface area contributed by atoms with Crippen LogP contribution in [0.2, 0.25) is 0 Å². The van der Waals surface area contributed by atoms with E-state index in [2.05, 4.69) is 16.8 Å². The first-order valence-corrected chi connectivity index (χ1v) is 18.6. The molecule has 3 nitrogen and oxygen atoms in total. The lowest BCUT2D eigenvalue weighted by atomic mass is 9.53. The average Bonchev–Trinajstić information content (AvgIpc) is 3.25. The van der Waals surface area contributed by atoms with Gasteiger partial charge >= 0.3 is 0 Å². The van der Waals surface area contributed by atoms with Crippen molar-refractivity contribution >= 4 is 8.53 Å². The largest absolute Gasteiger partial charge is 0.318 e. The highest BCUT2D eigenvalue weighted by Gasteiger charge is 2.57. The van der Waals surface area contributed by atoms with Crippen LogP contribution >= 0.6 is 8.53 Å². The van der Waals surface area contributed by atoms with E-state index < -0.39 is 8.53 Å². The Bertz CT molecular complexity index is 797. The second-order valence-electron chi connectivity index (χ2n) is 15.0. The molecule has 0 N–H and O–H groups in total. The Labute approximate surface area is 234 Å². The third-order valence-corrected chi connectivity index (χ3v) is 15.2. The molecule has 6 aliphatic carbocycles. The zero-order chi connectivity index (χ0) is 25.1. The normalized spacial score (nSPS) is 53.1. The Morgan fingerprint density at radius 2 is 0.921 bits per heavy atom. The van der Waals surface area contributed by atoms with Crippen LogP contribution in [0.4, 0.5) is 0 Å². The number of fused-ring (bicyclic) bond motifs is 9. The fraction of sp³-hybridized carbons (Fsp3) is 0.941. The van der Waals surface area contributed by atoms with Gasteiger partial charge in [-0.15, -0.1) is 0 Å². The topological polar surface area (TPSA) is 21.7 Å². The van der Waals surface area contributed by atoms with Crippen molar-refractivity contribution in [1.29, 1.82) is 0 Å². The fourth-order valence-electron chi connectivity index (χ4n) is 11.7. The molecule has 2 heterocycles. The predicted octanol–water partition coefficient (Wildman–Crippen LogP) is 9.42. The first-order valence-electron chi connectivity index (χ1n) is 17.5. The second kappa shape index (κ2) is 11.0. The van der Waals surface area contributed by atoms with Crippen molar-refractivity contribution in [2.75, 3.05) is 0 Å². The van der Waals surface area contributed by atoms with E-state index >= 15 is 0 Å². The van der Waals surface area contributed by atoms with Crippen molar-refractivity contribution in [3.05, 3.63) is 12.2 Å². The third kappa shape index (κ3) is 4.51. The van der Waals surface area contributed by atoms with Crippen molar-refractivity contribution < 1.29 is 9.05 Å². The molecule has 0 aromatic heterocycles. The van der Waals surface area contributed by atoms with Crippen LogP contribution in [0.5, 0.6) is 0 Å². The van der Waals surface area contributed by atoms with Crippen LogP contribution < -0.4 is 0 Å². The number of nitrogens with zero attached hydrogens (tertiary/aromatic N) is 1. The van der Waals surface area contributed by atoms with Gasteiger partial charge < -0.3 is 9.05 Å². The Balaban J connectivity index is 1.17. The van der Waals surface area contributed by atoms with Gasteiger partial charge in [-0.25, -0.2) is 4.67 Å². The third-order valence-electron chi connectivity index (χ3n) is 13.4. The minimum absolute atomic E-state index is 0.469. The van der Waals surface area contributed by atoms with E-state index in [1.54, 1.807) is 0 Å². The molecule has 12 atom stereocenters. The minimum atomic E-state index is -0.964. The van der Waals surface area contributed by atoms with Crippen LogP contribution in [-0.4, -0.2) is 29.0 Å². The summed E-state index contributed by atoms with van der Waals surface area (Å²) in [7, 11) is -0.964. The lowest BCUT2D eigenvalue weighted by Gasteiger charge is -2.53. The van der Waals surface area contributed by atoms with Crippen molar-refractivity contribution in [3.63, 3.8) is 0 Å². The summed E-state index contributed by atoms with van der Waals surface area (Å²) in [5, 5.41) is 0. The monoisotopic (exact) mass is 539 g/mol. The average molecular weight is 540 g/mol. The molecule has 8 aliphatic rings. The molecule has 6 saturated carbocycles. The van der Waals surface area contributed by atoms with Gasteiger partial charge in [-0.2, -0.15) is 0 Å². The molecule has 0 bridgehead atoms. The van der Waals surface area contributed by atoms with Gasteiger partial charge in [0.05, 0.1) is 12.2 Å². The summed E-state index contributed by atoms with van der Waals surface area (Å²) >= 11 is 0. The van der Waals surface area contributed by atoms with Crippen LogP contribution in [0.3, 0.4) is 0 Å². The van der Waals surface area contributed by atoms with Crippen molar-refractivity contribution in [2.24, 2.45) is 47.3 Å². The van der Waals surface area contributed by atoms with Crippen LogP contribution in [-0.2, 0) is 9.05 Å². The summed E-state index contributed by atoms with van der Waals surface area (Å²) in [6.07, 6.45) is 34.8. The highest BCUT2D eigenvalue weighted by molar-refractivity contribution is 7.44. The first-order chi connectivity index (χ1) is 18.8. The maximum Gasteiger partial charge on any atom is 0.259 e. The predicted molar refractivity (Wildman–Crippen MR) is 155 cm³/mol. The van der Waals surface area contributed by atoms with Crippen LogP contribution in [0.1, 0.15) is 128 Å². The van der Waals surface area contributed by atoms with Crippen molar-refractivity contribution in [3.8, 4) is 0 Å². The standard InChI is InChI=1S/C34H54NO2P/c1-5-13-27-23(9-1)19-21-31-33(27)34-28-14-6-2-10-24(28)20-22-32(34)37-38(36-31)35-29-15-7-3-11-25(29)17-18-26-12-4-8-16-30(26)35/h17-18,23-34H,1-16,19-22H2. The van der Waals surface area contributed by atoms with Gasteiger partial charge in [0.2, 0.25) is 0 Å². The minimum Gasteiger partial charge on any atom is -0.318 e. The van der Waals surface area contributed by atoms with E-state index in [1.165, 1.54) is 128 Å². The molecular formula is C34H54NO2P. The Kier molecular flexibility index (Phi) is 7.47. The molecule has 8 rings (SSSR count). The molecule has 0 spiro atoms. The molecule has 4 heteroatoms. The maximum atomic E-state index is 7.57. The van der Waals surface area contributed by atoms with Crippen LogP contribution in [0, 0.1) is 47.3 Å². The van der Waals surface area contributed by atoms with Gasteiger partial charge in [0.15, 0.2) is 0 Å². The van der Waals surface area contributed by atoms with Crippen molar-refractivity contribution in [2.45, 2.75) is 153 Å². The first kappa shape index (κ1) is 25.7. The molecule has 0 amide bonds. The summed E-state index contributed by atoms with van der Waals surface area (Å²) in [6, 6.07) is 1.32. The van der Waals surface area contributed by atoms with Crippen LogP contribution in [0.15, 0.2) is 12.2 Å². The summed E-state index contributed by atoms with van der Waals surface area (Å²) in [5.41, 5.74) is 0. The Hall–Kier alpha value is 0.0500. The SMILES string of the molecule is C1=CC2CCCCC2N(P2OC3CCC4CCCCC4C3C3C(CCC4CCCCC43)O2)C2CCCCC12. The maximum absolute atomic E-state index is 7.57. The number of hydrogen-bond donors (Lipinski definition) is 0. The van der Waals surface area contributed by atoms with E-state index in [0.717, 1.165) is 47.3 Å². The van der Waals surface area contributed by atoms with Crippen LogP contribution in [0.25, 0.3) is 0 Å². The molecule has 0 aromatic rings. The number of hydrogen-bond acceptors (Lipinski definition) is 3. The van der Waals surface area contributed by atoms with Gasteiger partial charge in [-0.1, -0.05) is 76.4 Å². The summed E-state index contributed by atoms with van der Waals surface area (Å²) in [4.78, 5) is 0. The molecule has 0 radical (unpaired) electrons. The van der Waals surface area contributed by atoms with Gasteiger partial charge in [0.1, 0.15) is 0 Å². The van der Waals surface area contributed by atoms with E-state index in [4.69, 9.17) is 9.05 Å². The summed E-state index contributed by atoms with van der Waals surface area (Å²) in [5.74, 6) is 6.82. The van der Waals surface area contributed by atoms with Gasteiger partial charge in [0, 0.05) is 12.1 Å². The highest BCUT2D eigenvalue weighted by atomic mass is 31.2. The molecule has 7 fully saturated rings. The second-order valence-corrected chi connectivity index (χ2v) is 16.4. The lowest BCUT2D eigenvalue weighted by molar-refractivity contribution is -0.0856. The smallest absolute Gasteiger partial charge is 0.259 e. The Morgan fingerprint density at radius 1 is 0.474 bits per heavy atom. The number of rotatable bonds is 1. The lowest BCUT2D eigenvalue weighted by Crippen LogP contribution is -2.51. The van der Waals surface area contributed by atoms with Gasteiger partial charge in [-0.05, 0) is 112 Å². The van der Waals surface area contributed by atoms with Gasteiger partial charge in [0.25, 0.3) is 8.53 Å². The van der Waals surface area contributed by atoms with Crippen molar-refractivity contribution in [1.82, 2.24) is 4.67 Å². The van der Waals surface area contributed by atoms with E-state index in [-0.39, 0.29) is 0 Å². The molecule has 38 heavy (non-hydrogen) atoms.